The Labute approximate surface area is 198 Å². The van der Waals surface area contributed by atoms with Gasteiger partial charge in [-0.05, 0) is 48.9 Å². The normalized spacial score (nSPS) is 20.8. The Bertz CT molecular complexity index is 1000. The molecule has 4 heterocycles. The van der Waals surface area contributed by atoms with Crippen molar-refractivity contribution < 1.29 is 37.3 Å². The first-order valence-corrected chi connectivity index (χ1v) is 11.8. The molecule has 34 heavy (non-hydrogen) atoms. The zero-order valence-corrected chi connectivity index (χ0v) is 19.2. The molecule has 0 saturated carbocycles. The van der Waals surface area contributed by atoms with Gasteiger partial charge < -0.3 is 19.5 Å². The minimum atomic E-state index is -5.08. The molecular weight excluding hydrogens is 473 g/mol. The van der Waals surface area contributed by atoms with Crippen LogP contribution in [-0.4, -0.2) is 64.4 Å². The Morgan fingerprint density at radius 1 is 1.32 bits per heavy atom. The smallest absolute Gasteiger partial charge is 0.475 e. The molecule has 2 aliphatic heterocycles. The van der Waals surface area contributed by atoms with Gasteiger partial charge in [-0.15, -0.1) is 11.3 Å². The van der Waals surface area contributed by atoms with Gasteiger partial charge >= 0.3 is 12.1 Å². The Kier molecular flexibility index (Phi) is 7.25. The summed E-state index contributed by atoms with van der Waals surface area (Å²) in [4.78, 5) is 30.1. The van der Waals surface area contributed by atoms with Gasteiger partial charge in [0.1, 0.15) is 5.60 Å². The van der Waals surface area contributed by atoms with Crippen LogP contribution in [0.25, 0.3) is 0 Å². The van der Waals surface area contributed by atoms with Crippen molar-refractivity contribution in [2.45, 2.75) is 56.6 Å². The molecule has 0 radical (unpaired) electrons. The van der Waals surface area contributed by atoms with Gasteiger partial charge in [0.05, 0.1) is 30.7 Å². The van der Waals surface area contributed by atoms with E-state index in [9.17, 15) is 18.0 Å². The summed E-state index contributed by atoms with van der Waals surface area (Å²) in [5.41, 5.74) is 2.26. The number of carbonyl (C=O) groups is 2. The first kappa shape index (κ1) is 24.6. The SMILES string of the molecule is O=C(O)C(F)(F)F.O=C(c1cc2c(s1)CCC2)N1CC2(CC(OCc3cccnc3)CCO2)C1. The van der Waals surface area contributed by atoms with Crippen molar-refractivity contribution in [1.29, 1.82) is 0 Å². The van der Waals surface area contributed by atoms with Gasteiger partial charge in [0, 0.05) is 30.3 Å². The number of halogens is 3. The van der Waals surface area contributed by atoms with E-state index in [4.69, 9.17) is 19.4 Å². The lowest BCUT2D eigenvalue weighted by Crippen LogP contribution is -2.67. The molecule has 3 aliphatic rings. The van der Waals surface area contributed by atoms with E-state index < -0.39 is 12.1 Å². The Balaban J connectivity index is 0.000000344. The van der Waals surface area contributed by atoms with E-state index >= 15 is 0 Å². The van der Waals surface area contributed by atoms with Crippen LogP contribution in [0.1, 0.15) is 44.9 Å². The average molecular weight is 499 g/mol. The molecule has 1 atom stereocenters. The lowest BCUT2D eigenvalue weighted by molar-refractivity contribution is -0.192. The largest absolute Gasteiger partial charge is 0.490 e. The van der Waals surface area contributed by atoms with E-state index in [-0.39, 0.29) is 17.6 Å². The van der Waals surface area contributed by atoms with Crippen LogP contribution in [0.4, 0.5) is 13.2 Å². The van der Waals surface area contributed by atoms with E-state index in [1.807, 2.05) is 23.2 Å². The number of carboxylic acid groups (broad SMARTS) is 1. The number of hydrogen-bond donors (Lipinski definition) is 1. The third-order valence-electron chi connectivity index (χ3n) is 6.10. The van der Waals surface area contributed by atoms with Crippen LogP contribution in [0.3, 0.4) is 0 Å². The highest BCUT2D eigenvalue weighted by atomic mass is 32.1. The van der Waals surface area contributed by atoms with Crippen molar-refractivity contribution in [2.75, 3.05) is 19.7 Å². The van der Waals surface area contributed by atoms with E-state index in [0.717, 1.165) is 36.1 Å². The number of carbonyl (C=O) groups excluding carboxylic acids is 1. The van der Waals surface area contributed by atoms with E-state index in [1.165, 1.54) is 16.9 Å². The number of aliphatic carboxylic acids is 1. The van der Waals surface area contributed by atoms with Crippen LogP contribution in [0.15, 0.2) is 30.6 Å². The van der Waals surface area contributed by atoms with E-state index in [1.54, 1.807) is 17.5 Å². The molecule has 2 aromatic rings. The summed E-state index contributed by atoms with van der Waals surface area (Å²) in [6.45, 7) is 2.65. The number of fused-ring (bicyclic) bond motifs is 1. The van der Waals surface area contributed by atoms with Gasteiger partial charge in [0.25, 0.3) is 5.91 Å². The lowest BCUT2D eigenvalue weighted by atomic mass is 9.84. The van der Waals surface area contributed by atoms with Gasteiger partial charge in [-0.25, -0.2) is 4.79 Å². The average Bonchev–Trinajstić information content (AvgIpc) is 3.39. The minimum absolute atomic E-state index is 0.169. The molecule has 1 unspecified atom stereocenters. The van der Waals surface area contributed by atoms with Crippen molar-refractivity contribution in [3.63, 3.8) is 0 Å². The Morgan fingerprint density at radius 2 is 2.09 bits per heavy atom. The van der Waals surface area contributed by atoms with Crippen molar-refractivity contribution in [3.05, 3.63) is 51.5 Å². The molecule has 2 aromatic heterocycles. The quantitative estimate of drug-likeness (QED) is 0.689. The van der Waals surface area contributed by atoms with Crippen molar-refractivity contribution in [2.24, 2.45) is 0 Å². The standard InChI is InChI=1S/C21H24N2O3S.C2HF3O2/c24-20(19-9-16-4-1-5-18(16)27-19)23-13-21(14-23)10-17(6-8-26-21)25-12-15-3-2-7-22-11-15;3-2(4,5)1(6)7/h2-3,7,9,11,17H,1,4-6,8,10,12-14H2;(H,6,7). The summed E-state index contributed by atoms with van der Waals surface area (Å²) >= 11 is 1.69. The Morgan fingerprint density at radius 3 is 2.74 bits per heavy atom. The second-order valence-electron chi connectivity index (χ2n) is 8.70. The second-order valence-corrected chi connectivity index (χ2v) is 9.83. The summed E-state index contributed by atoms with van der Waals surface area (Å²) in [7, 11) is 0. The molecule has 0 aromatic carbocycles. The molecule has 1 spiro atoms. The molecule has 2 saturated heterocycles. The maximum atomic E-state index is 12.8. The molecular formula is C23H25F3N2O5S. The number of rotatable bonds is 4. The fourth-order valence-corrected chi connectivity index (χ4v) is 5.65. The third kappa shape index (κ3) is 5.76. The van der Waals surface area contributed by atoms with Crippen LogP contribution in [-0.2, 0) is 33.7 Å². The first-order chi connectivity index (χ1) is 16.2. The highest BCUT2D eigenvalue weighted by Gasteiger charge is 2.50. The third-order valence-corrected chi connectivity index (χ3v) is 7.33. The van der Waals surface area contributed by atoms with Crippen LogP contribution < -0.4 is 0 Å². The number of ether oxygens (including phenoxy) is 2. The number of pyridine rings is 1. The fraction of sp³-hybridized carbons (Fsp3) is 0.522. The van der Waals surface area contributed by atoms with Gasteiger partial charge in [-0.3, -0.25) is 9.78 Å². The molecule has 0 bridgehead atoms. The Hall–Kier alpha value is -2.50. The zero-order valence-electron chi connectivity index (χ0n) is 18.3. The highest BCUT2D eigenvalue weighted by Crippen LogP contribution is 2.38. The number of alkyl halides is 3. The van der Waals surface area contributed by atoms with E-state index in [2.05, 4.69) is 11.1 Å². The number of nitrogens with zero attached hydrogens (tertiary/aromatic N) is 2. The summed E-state index contributed by atoms with van der Waals surface area (Å²) in [5.74, 6) is -2.59. The highest BCUT2D eigenvalue weighted by molar-refractivity contribution is 7.14. The van der Waals surface area contributed by atoms with Crippen LogP contribution in [0, 0.1) is 0 Å². The van der Waals surface area contributed by atoms with Crippen molar-refractivity contribution in [1.82, 2.24) is 9.88 Å². The number of hydrogen-bond acceptors (Lipinski definition) is 6. The summed E-state index contributed by atoms with van der Waals surface area (Å²) in [6, 6.07) is 6.08. The molecule has 1 N–H and O–H groups in total. The van der Waals surface area contributed by atoms with Crippen molar-refractivity contribution in [3.8, 4) is 0 Å². The minimum Gasteiger partial charge on any atom is -0.475 e. The summed E-state index contributed by atoms with van der Waals surface area (Å²) < 4.78 is 43.9. The zero-order chi connectivity index (χ0) is 24.3. The maximum absolute atomic E-state index is 12.8. The van der Waals surface area contributed by atoms with Crippen molar-refractivity contribution >= 4 is 23.2 Å². The molecule has 11 heteroatoms. The molecule has 1 amide bonds. The predicted molar refractivity (Wildman–Crippen MR) is 117 cm³/mol. The number of aryl methyl sites for hydroxylation is 2. The van der Waals surface area contributed by atoms with Crippen LogP contribution in [0.2, 0.25) is 0 Å². The number of amides is 1. The predicted octanol–water partition coefficient (Wildman–Crippen LogP) is 3.86. The summed E-state index contributed by atoms with van der Waals surface area (Å²) in [5, 5.41) is 7.12. The lowest BCUT2D eigenvalue weighted by Gasteiger charge is -2.52. The van der Waals surface area contributed by atoms with Gasteiger partial charge in [0.2, 0.25) is 0 Å². The summed E-state index contributed by atoms with van der Waals surface area (Å²) in [6.07, 6.45) is 3.98. The monoisotopic (exact) mass is 498 g/mol. The number of likely N-dealkylation sites (tertiary alicyclic amines) is 1. The van der Waals surface area contributed by atoms with Crippen LogP contribution in [0.5, 0.6) is 0 Å². The number of aromatic nitrogens is 1. The van der Waals surface area contributed by atoms with E-state index in [0.29, 0.717) is 26.3 Å². The number of carboxylic acids is 1. The fourth-order valence-electron chi connectivity index (χ4n) is 4.43. The molecule has 7 nitrogen and oxygen atoms in total. The topological polar surface area (TPSA) is 89.0 Å². The van der Waals surface area contributed by atoms with Gasteiger partial charge in [-0.1, -0.05) is 6.07 Å². The second kappa shape index (κ2) is 10.0. The first-order valence-electron chi connectivity index (χ1n) is 11.0. The van der Waals surface area contributed by atoms with Gasteiger partial charge in [-0.2, -0.15) is 13.2 Å². The van der Waals surface area contributed by atoms with Gasteiger partial charge in [0.15, 0.2) is 0 Å². The molecule has 1 aliphatic carbocycles. The molecule has 2 fully saturated rings. The molecule has 184 valence electrons. The van der Waals surface area contributed by atoms with Crippen LogP contribution >= 0.6 is 11.3 Å². The molecule has 5 rings (SSSR count). The maximum Gasteiger partial charge on any atom is 0.490 e. The number of thiophene rings is 1.